The fourth-order valence-corrected chi connectivity index (χ4v) is 11.4. The van der Waals surface area contributed by atoms with Crippen molar-refractivity contribution in [3.05, 3.63) is 97.2 Å². The molecule has 1 saturated heterocycles. The lowest BCUT2D eigenvalue weighted by Crippen LogP contribution is -2.60. The Balaban J connectivity index is 2.10. The minimum absolute atomic E-state index is 0.187. The van der Waals surface area contributed by atoms with Gasteiger partial charge in [-0.1, -0.05) is 336 Å². The number of aliphatic hydroxyl groups excluding tert-OH is 5. The Bertz CT molecular complexity index is 1700. The summed E-state index contributed by atoms with van der Waals surface area (Å²) < 4.78 is 11.3. The van der Waals surface area contributed by atoms with Gasteiger partial charge in [-0.3, -0.25) is 4.79 Å². The number of hydrogen-bond donors (Lipinski definition) is 6. The summed E-state index contributed by atoms with van der Waals surface area (Å²) >= 11 is 0. The smallest absolute Gasteiger partial charge is 0.220 e. The number of unbranched alkanes of at least 4 members (excludes halogenated alkanes) is 40. The first kappa shape index (κ1) is 82.1. The van der Waals surface area contributed by atoms with E-state index >= 15 is 0 Å². The average molecular weight is 1220 g/mol. The number of allylic oxidation sites excluding steroid dienone is 15. The highest BCUT2D eigenvalue weighted by Gasteiger charge is 2.44. The van der Waals surface area contributed by atoms with Crippen LogP contribution in [0.4, 0.5) is 0 Å². The Labute approximate surface area is 536 Å². The molecule has 6 N–H and O–H groups in total. The number of ether oxygens (including phenoxy) is 2. The van der Waals surface area contributed by atoms with Crippen LogP contribution < -0.4 is 5.32 Å². The van der Waals surface area contributed by atoms with Crippen molar-refractivity contribution in [1.82, 2.24) is 5.32 Å². The van der Waals surface area contributed by atoms with Gasteiger partial charge in [-0.2, -0.15) is 0 Å². The zero-order chi connectivity index (χ0) is 62.8. The van der Waals surface area contributed by atoms with Gasteiger partial charge in [0.1, 0.15) is 24.4 Å². The van der Waals surface area contributed by atoms with E-state index in [2.05, 4.69) is 104 Å². The van der Waals surface area contributed by atoms with Crippen LogP contribution in [0, 0.1) is 0 Å². The van der Waals surface area contributed by atoms with Crippen LogP contribution in [-0.4, -0.2) is 87.5 Å². The van der Waals surface area contributed by atoms with E-state index in [-0.39, 0.29) is 12.5 Å². The number of rotatable bonds is 64. The van der Waals surface area contributed by atoms with Crippen LogP contribution in [0.5, 0.6) is 0 Å². The number of nitrogens with one attached hydrogen (secondary N) is 1. The minimum Gasteiger partial charge on any atom is -0.394 e. The molecule has 7 unspecified atom stereocenters. The Kier molecular flexibility index (Phi) is 62.3. The van der Waals surface area contributed by atoms with Gasteiger partial charge in [-0.25, -0.2) is 0 Å². The highest BCUT2D eigenvalue weighted by atomic mass is 16.7. The Morgan fingerprint density at radius 3 is 1.10 bits per heavy atom. The minimum atomic E-state index is -1.58. The van der Waals surface area contributed by atoms with Gasteiger partial charge >= 0.3 is 0 Å². The third kappa shape index (κ3) is 54.6. The molecule has 0 aromatic carbocycles. The fraction of sp³-hybridized carbons (Fsp3) is 0.782. The van der Waals surface area contributed by atoms with E-state index in [4.69, 9.17) is 9.47 Å². The molecule has 7 atom stereocenters. The van der Waals surface area contributed by atoms with E-state index in [0.29, 0.717) is 6.42 Å². The predicted octanol–water partition coefficient (Wildman–Crippen LogP) is 20.6. The van der Waals surface area contributed by atoms with Crippen molar-refractivity contribution in [2.24, 2.45) is 0 Å². The third-order valence-corrected chi connectivity index (χ3v) is 17.1. The highest BCUT2D eigenvalue weighted by molar-refractivity contribution is 5.76. The van der Waals surface area contributed by atoms with Crippen LogP contribution in [0.15, 0.2) is 97.2 Å². The molecule has 0 bridgehead atoms. The summed E-state index contributed by atoms with van der Waals surface area (Å²) in [5, 5.41) is 54.8. The molecule has 1 amide bonds. The topological polar surface area (TPSA) is 149 Å². The Morgan fingerprint density at radius 1 is 0.402 bits per heavy atom. The van der Waals surface area contributed by atoms with Gasteiger partial charge in [0.05, 0.1) is 25.4 Å². The van der Waals surface area contributed by atoms with Crippen molar-refractivity contribution in [3.8, 4) is 0 Å². The van der Waals surface area contributed by atoms with Gasteiger partial charge in [0, 0.05) is 6.42 Å². The standard InChI is InChI=1S/C78H139NO8/c1-3-5-7-9-11-13-15-17-19-21-23-25-27-29-30-31-32-33-34-35-36-37-38-39-40-41-42-44-46-48-50-52-54-56-58-60-62-64-66-68-74(82)79-71(70-86-78-77(85)76(84)75(83)73(69-80)87-78)72(81)67-65-63-61-59-57-55-53-51-49-47-45-43-28-26-24-22-20-18-16-14-12-10-8-6-4-2/h5,7,11,13,17,19,23,25,29-30,49,51,57,59,65,67,71-73,75-78,80-81,83-85H,3-4,6,8-10,12,14-16,18,20-22,24,26-28,31-48,50,52-56,58,60-64,66,68-70H2,1-2H3,(H,79,82)/b7-5-,13-11-,19-17-,25-23-,30-29-,51-49+,59-57+,67-65+. The van der Waals surface area contributed by atoms with Crippen LogP contribution in [0.25, 0.3) is 0 Å². The van der Waals surface area contributed by atoms with Crippen LogP contribution in [0.1, 0.15) is 335 Å². The SMILES string of the molecule is CC/C=C\C/C=C\C/C=C\C/C=C\C/C=C\CCCCCCCCCCCCCCCCCCCCCCCCCC(=O)NC(COC1OC(CO)C(O)C(O)C1O)C(O)/C=C/CC/C=C/CC/C=C/CCCCCCCCCCCCCCCCC. The van der Waals surface area contributed by atoms with Gasteiger partial charge < -0.3 is 40.3 Å². The number of hydrogen-bond acceptors (Lipinski definition) is 8. The zero-order valence-corrected chi connectivity index (χ0v) is 56.5. The molecule has 0 aromatic rings. The number of amides is 1. The van der Waals surface area contributed by atoms with Crippen LogP contribution in [0.3, 0.4) is 0 Å². The van der Waals surface area contributed by atoms with E-state index in [0.717, 1.165) is 77.0 Å². The first-order chi connectivity index (χ1) is 42.8. The van der Waals surface area contributed by atoms with Gasteiger partial charge in [0.25, 0.3) is 0 Å². The van der Waals surface area contributed by atoms with Gasteiger partial charge in [-0.05, 0) is 89.9 Å². The Hall–Kier alpha value is -2.89. The van der Waals surface area contributed by atoms with Crippen molar-refractivity contribution in [1.29, 1.82) is 0 Å². The van der Waals surface area contributed by atoms with Gasteiger partial charge in [0.2, 0.25) is 5.91 Å². The van der Waals surface area contributed by atoms with Gasteiger partial charge in [-0.15, -0.1) is 0 Å². The largest absolute Gasteiger partial charge is 0.394 e. The lowest BCUT2D eigenvalue weighted by atomic mass is 9.99. The van der Waals surface area contributed by atoms with Crippen molar-refractivity contribution in [2.45, 2.75) is 378 Å². The van der Waals surface area contributed by atoms with Crippen molar-refractivity contribution in [3.63, 3.8) is 0 Å². The van der Waals surface area contributed by atoms with Crippen molar-refractivity contribution < 1.29 is 39.8 Å². The first-order valence-corrected chi connectivity index (χ1v) is 37.0. The summed E-state index contributed by atoms with van der Waals surface area (Å²) in [6.45, 7) is 3.68. The number of carbonyl (C=O) groups excluding carboxylic acids is 1. The van der Waals surface area contributed by atoms with E-state index in [1.807, 2.05) is 6.08 Å². The summed E-state index contributed by atoms with van der Waals surface area (Å²) in [5.41, 5.74) is 0. The van der Waals surface area contributed by atoms with Crippen molar-refractivity contribution in [2.75, 3.05) is 13.2 Å². The van der Waals surface area contributed by atoms with Crippen LogP contribution >= 0.6 is 0 Å². The lowest BCUT2D eigenvalue weighted by Gasteiger charge is -2.40. The maximum atomic E-state index is 13.1. The maximum absolute atomic E-state index is 13.1. The average Bonchev–Trinajstić information content (AvgIpc) is 3.38. The molecule has 1 aliphatic rings. The molecule has 504 valence electrons. The molecule has 1 heterocycles. The molecule has 87 heavy (non-hydrogen) atoms. The zero-order valence-electron chi connectivity index (χ0n) is 56.5. The summed E-state index contributed by atoms with van der Waals surface area (Å²) in [6, 6.07) is -0.832. The molecule has 9 heteroatoms. The van der Waals surface area contributed by atoms with Crippen LogP contribution in [-0.2, 0) is 14.3 Å². The quantitative estimate of drug-likeness (QED) is 0.0261. The van der Waals surface area contributed by atoms with E-state index in [1.165, 1.54) is 238 Å². The molecule has 0 aromatic heterocycles. The second-order valence-corrected chi connectivity index (χ2v) is 25.3. The highest BCUT2D eigenvalue weighted by Crippen LogP contribution is 2.23. The molecular formula is C78H139NO8. The lowest BCUT2D eigenvalue weighted by molar-refractivity contribution is -0.302. The van der Waals surface area contributed by atoms with E-state index in [9.17, 15) is 30.3 Å². The predicted molar refractivity (Wildman–Crippen MR) is 373 cm³/mol. The van der Waals surface area contributed by atoms with Crippen molar-refractivity contribution >= 4 is 5.91 Å². The summed E-state index contributed by atoms with van der Waals surface area (Å²) in [7, 11) is 0. The normalized spacial score (nSPS) is 18.5. The molecule has 1 fully saturated rings. The monoisotopic (exact) mass is 1220 g/mol. The van der Waals surface area contributed by atoms with E-state index < -0.39 is 49.5 Å². The number of aliphatic hydroxyl groups is 5. The third-order valence-electron chi connectivity index (χ3n) is 17.1. The fourth-order valence-electron chi connectivity index (χ4n) is 11.4. The second kappa shape index (κ2) is 66.0. The molecule has 1 rings (SSSR count). The summed E-state index contributed by atoms with van der Waals surface area (Å²) in [5.74, 6) is -0.187. The maximum Gasteiger partial charge on any atom is 0.220 e. The van der Waals surface area contributed by atoms with Crippen LogP contribution in [0.2, 0.25) is 0 Å². The molecular weight excluding hydrogens is 1080 g/mol. The number of carbonyl (C=O) groups is 1. The summed E-state index contributed by atoms with van der Waals surface area (Å²) in [6.07, 6.45) is 89.6. The van der Waals surface area contributed by atoms with E-state index in [1.54, 1.807) is 6.08 Å². The van der Waals surface area contributed by atoms with Gasteiger partial charge in [0.15, 0.2) is 6.29 Å². The molecule has 0 spiro atoms. The molecule has 0 saturated carbocycles. The molecule has 9 nitrogen and oxygen atoms in total. The molecule has 0 aliphatic carbocycles. The second-order valence-electron chi connectivity index (χ2n) is 25.3. The summed E-state index contributed by atoms with van der Waals surface area (Å²) in [4.78, 5) is 13.1. The first-order valence-electron chi connectivity index (χ1n) is 37.0. The Morgan fingerprint density at radius 2 is 0.724 bits per heavy atom. The molecule has 1 aliphatic heterocycles. The molecule has 0 radical (unpaired) electrons.